The van der Waals surface area contributed by atoms with Gasteiger partial charge in [0.15, 0.2) is 5.11 Å². The van der Waals surface area contributed by atoms with Gasteiger partial charge in [-0.25, -0.2) is 0 Å². The predicted octanol–water partition coefficient (Wildman–Crippen LogP) is 3.91. The number of aromatic hydroxyl groups is 1. The summed E-state index contributed by atoms with van der Waals surface area (Å²) in [6, 6.07) is 15.1. The first-order chi connectivity index (χ1) is 12.5. The van der Waals surface area contributed by atoms with Gasteiger partial charge in [0.25, 0.3) is 0 Å². The first-order valence-corrected chi connectivity index (χ1v) is 8.91. The zero-order valence-corrected chi connectivity index (χ0v) is 15.4. The number of rotatable bonds is 3. The Morgan fingerprint density at radius 1 is 1.12 bits per heavy atom. The second-order valence-electron chi connectivity index (χ2n) is 6.55. The highest BCUT2D eigenvalue weighted by Crippen LogP contribution is 2.42. The molecule has 0 amide bonds. The molecule has 0 bridgehead atoms. The molecule has 3 heterocycles. The van der Waals surface area contributed by atoms with E-state index in [0.717, 1.165) is 22.8 Å². The van der Waals surface area contributed by atoms with Crippen LogP contribution in [-0.4, -0.2) is 20.2 Å². The first-order valence-electron chi connectivity index (χ1n) is 8.50. The molecule has 3 aromatic rings. The maximum atomic E-state index is 9.64. The number of anilines is 1. The van der Waals surface area contributed by atoms with Crippen molar-refractivity contribution in [2.24, 2.45) is 0 Å². The lowest BCUT2D eigenvalue weighted by molar-refractivity contribution is 0.475. The van der Waals surface area contributed by atoms with Gasteiger partial charge in [-0.3, -0.25) is 4.98 Å². The van der Waals surface area contributed by atoms with Crippen molar-refractivity contribution in [3.8, 4) is 5.75 Å². The van der Waals surface area contributed by atoms with Gasteiger partial charge in [-0.05, 0) is 74.1 Å². The van der Waals surface area contributed by atoms with E-state index >= 15 is 0 Å². The van der Waals surface area contributed by atoms with Crippen LogP contribution in [0.25, 0.3) is 0 Å². The van der Waals surface area contributed by atoms with Crippen molar-refractivity contribution in [2.75, 3.05) is 4.90 Å². The maximum absolute atomic E-state index is 9.64. The second-order valence-corrected chi connectivity index (χ2v) is 6.93. The molecule has 4 rings (SSSR count). The fourth-order valence-corrected chi connectivity index (χ4v) is 3.96. The van der Waals surface area contributed by atoms with Crippen molar-refractivity contribution in [3.63, 3.8) is 0 Å². The topological polar surface area (TPSA) is 64.2 Å². The van der Waals surface area contributed by atoms with Gasteiger partial charge in [-0.15, -0.1) is 0 Å². The van der Waals surface area contributed by atoms with Crippen molar-refractivity contribution >= 4 is 23.0 Å². The summed E-state index contributed by atoms with van der Waals surface area (Å²) >= 11 is 5.67. The number of aryl methyl sites for hydroxylation is 2. The fraction of sp³-hybridized carbons (Fsp3) is 0.200. The van der Waals surface area contributed by atoms with E-state index in [1.807, 2.05) is 30.3 Å². The molecular weight excluding hydrogens is 344 g/mol. The van der Waals surface area contributed by atoms with Crippen LogP contribution in [-0.2, 0) is 0 Å². The third-order valence-electron chi connectivity index (χ3n) is 4.73. The summed E-state index contributed by atoms with van der Waals surface area (Å²) in [5.74, 6) is 0.235. The average molecular weight is 364 g/mol. The number of hydrogen-bond donors (Lipinski definition) is 3. The Balaban J connectivity index is 1.85. The minimum atomic E-state index is -0.0635. The number of aromatic nitrogens is 2. The average Bonchev–Trinajstić information content (AvgIpc) is 3.15. The van der Waals surface area contributed by atoms with Crippen molar-refractivity contribution in [1.82, 2.24) is 15.3 Å². The van der Waals surface area contributed by atoms with Crippen LogP contribution in [0.5, 0.6) is 5.75 Å². The normalized spacial score (nSPS) is 19.6. The molecule has 26 heavy (non-hydrogen) atoms. The molecule has 0 radical (unpaired) electrons. The molecule has 6 heteroatoms. The first kappa shape index (κ1) is 16.6. The van der Waals surface area contributed by atoms with E-state index in [0.29, 0.717) is 5.11 Å². The Morgan fingerprint density at radius 2 is 1.88 bits per heavy atom. The molecule has 3 N–H and O–H groups in total. The van der Waals surface area contributed by atoms with E-state index in [1.165, 1.54) is 5.56 Å². The quantitative estimate of drug-likeness (QED) is 0.615. The minimum absolute atomic E-state index is 0.0353. The van der Waals surface area contributed by atoms with E-state index in [2.05, 4.69) is 40.1 Å². The van der Waals surface area contributed by atoms with Crippen LogP contribution in [0, 0.1) is 13.8 Å². The van der Waals surface area contributed by atoms with Gasteiger partial charge in [0, 0.05) is 23.3 Å². The third-order valence-corrected chi connectivity index (χ3v) is 5.05. The molecule has 5 nitrogen and oxygen atoms in total. The smallest absolute Gasteiger partial charge is 0.174 e. The number of aromatic amines is 1. The number of nitrogens with zero attached hydrogens (tertiary/aromatic N) is 2. The Kier molecular flexibility index (Phi) is 4.12. The molecule has 0 unspecified atom stereocenters. The Bertz CT molecular complexity index is 936. The Hall–Kier alpha value is -2.86. The van der Waals surface area contributed by atoms with E-state index < -0.39 is 0 Å². The van der Waals surface area contributed by atoms with Crippen LogP contribution < -0.4 is 10.2 Å². The van der Waals surface area contributed by atoms with Crippen molar-refractivity contribution in [3.05, 3.63) is 77.4 Å². The fourth-order valence-electron chi connectivity index (χ4n) is 3.61. The number of H-pyrrole nitrogens is 1. The van der Waals surface area contributed by atoms with Crippen molar-refractivity contribution in [2.45, 2.75) is 25.9 Å². The Morgan fingerprint density at radius 3 is 2.50 bits per heavy atom. The molecule has 0 aliphatic carbocycles. The van der Waals surface area contributed by atoms with Gasteiger partial charge in [-0.1, -0.05) is 6.07 Å². The van der Waals surface area contributed by atoms with Gasteiger partial charge < -0.3 is 20.3 Å². The van der Waals surface area contributed by atoms with Gasteiger partial charge in [0.2, 0.25) is 0 Å². The molecule has 1 aliphatic rings. The monoisotopic (exact) mass is 364 g/mol. The van der Waals surface area contributed by atoms with Crippen molar-refractivity contribution < 1.29 is 5.11 Å². The number of pyridine rings is 1. The van der Waals surface area contributed by atoms with Crippen LogP contribution in [0.1, 0.15) is 34.7 Å². The summed E-state index contributed by atoms with van der Waals surface area (Å²) in [6.45, 7) is 4.13. The molecule has 2 atom stereocenters. The molecule has 0 saturated carbocycles. The van der Waals surface area contributed by atoms with Gasteiger partial charge in [0.1, 0.15) is 5.75 Å². The Labute approximate surface area is 157 Å². The largest absolute Gasteiger partial charge is 0.508 e. The zero-order chi connectivity index (χ0) is 18.3. The molecule has 1 aromatic carbocycles. The van der Waals surface area contributed by atoms with E-state index in [-0.39, 0.29) is 17.8 Å². The second kappa shape index (κ2) is 6.46. The lowest BCUT2D eigenvalue weighted by atomic mass is 9.96. The van der Waals surface area contributed by atoms with E-state index in [1.54, 1.807) is 18.3 Å². The highest BCUT2D eigenvalue weighted by molar-refractivity contribution is 7.80. The lowest BCUT2D eigenvalue weighted by Crippen LogP contribution is -2.29. The molecule has 1 fully saturated rings. The third kappa shape index (κ3) is 2.82. The van der Waals surface area contributed by atoms with Crippen LogP contribution in [0.2, 0.25) is 0 Å². The number of phenolic OH excluding ortho intramolecular Hbond substituents is 1. The minimum Gasteiger partial charge on any atom is -0.508 e. The summed E-state index contributed by atoms with van der Waals surface area (Å²) in [5, 5.41) is 13.7. The van der Waals surface area contributed by atoms with Crippen LogP contribution in [0.4, 0.5) is 5.69 Å². The van der Waals surface area contributed by atoms with Crippen molar-refractivity contribution in [1.29, 1.82) is 0 Å². The summed E-state index contributed by atoms with van der Waals surface area (Å²) in [4.78, 5) is 10.0. The summed E-state index contributed by atoms with van der Waals surface area (Å²) in [6.07, 6.45) is 1.80. The predicted molar refractivity (Wildman–Crippen MR) is 106 cm³/mol. The molecular formula is C20H20N4OS. The summed E-state index contributed by atoms with van der Waals surface area (Å²) in [7, 11) is 0. The molecule has 132 valence electrons. The highest BCUT2D eigenvalue weighted by Gasteiger charge is 2.41. The van der Waals surface area contributed by atoms with Gasteiger partial charge >= 0.3 is 0 Å². The number of nitrogens with one attached hydrogen (secondary N) is 2. The van der Waals surface area contributed by atoms with Crippen LogP contribution in [0.15, 0.2) is 54.7 Å². The molecule has 0 spiro atoms. The molecule has 1 saturated heterocycles. The van der Waals surface area contributed by atoms with Crippen LogP contribution in [0.3, 0.4) is 0 Å². The molecule has 2 aromatic heterocycles. The lowest BCUT2D eigenvalue weighted by Gasteiger charge is -2.28. The number of benzene rings is 1. The van der Waals surface area contributed by atoms with Gasteiger partial charge in [0.05, 0.1) is 17.8 Å². The number of thiocarbonyl (C=S) groups is 1. The SMILES string of the molecule is Cc1cc([C@@H]2[C@@H](c3ccccn3)NC(=S)N2c2ccc(O)cc2)c(C)[nH]1. The van der Waals surface area contributed by atoms with Crippen LogP contribution >= 0.6 is 12.2 Å². The van der Waals surface area contributed by atoms with E-state index in [4.69, 9.17) is 12.2 Å². The zero-order valence-electron chi connectivity index (χ0n) is 14.6. The van der Waals surface area contributed by atoms with E-state index in [9.17, 15) is 5.11 Å². The highest BCUT2D eigenvalue weighted by atomic mass is 32.1. The number of hydrogen-bond acceptors (Lipinski definition) is 3. The standard InChI is InChI=1S/C20H20N4OS/c1-12-11-16(13(2)22-12)19-18(17-5-3-4-10-21-17)23-20(26)24(19)14-6-8-15(25)9-7-14/h3-11,18-19,22,25H,1-2H3,(H,23,26)/t18-,19-/m1/s1. The molecule has 1 aliphatic heterocycles. The number of phenols is 1. The van der Waals surface area contributed by atoms with Gasteiger partial charge in [-0.2, -0.15) is 0 Å². The summed E-state index contributed by atoms with van der Waals surface area (Å²) < 4.78 is 0. The summed E-state index contributed by atoms with van der Waals surface area (Å²) in [5.41, 5.74) is 5.28. The maximum Gasteiger partial charge on any atom is 0.174 e.